The SMILES string of the molecule is Cc1cc([C@H](N)CCCO)ccc1F. The Labute approximate surface area is 83.6 Å². The first-order valence-corrected chi connectivity index (χ1v) is 4.77. The molecule has 2 nitrogen and oxygen atoms in total. The smallest absolute Gasteiger partial charge is 0.126 e. The van der Waals surface area contributed by atoms with Crippen LogP contribution in [-0.4, -0.2) is 11.7 Å². The number of hydrogen-bond acceptors (Lipinski definition) is 2. The van der Waals surface area contributed by atoms with Crippen LogP contribution in [0.15, 0.2) is 18.2 Å². The minimum Gasteiger partial charge on any atom is -0.396 e. The highest BCUT2D eigenvalue weighted by Crippen LogP contribution is 2.18. The Hall–Kier alpha value is -0.930. The number of benzene rings is 1. The Morgan fingerprint density at radius 2 is 2.21 bits per heavy atom. The molecule has 0 fully saturated rings. The van der Waals surface area contributed by atoms with Crippen molar-refractivity contribution >= 4 is 0 Å². The molecule has 1 rings (SSSR count). The van der Waals surface area contributed by atoms with E-state index in [0.717, 1.165) is 12.0 Å². The lowest BCUT2D eigenvalue weighted by Crippen LogP contribution is -2.11. The minimum absolute atomic E-state index is 0.110. The molecule has 0 aromatic heterocycles. The second kappa shape index (κ2) is 5.08. The van der Waals surface area contributed by atoms with Gasteiger partial charge >= 0.3 is 0 Å². The lowest BCUT2D eigenvalue weighted by Gasteiger charge is -2.11. The molecule has 0 radical (unpaired) electrons. The van der Waals surface area contributed by atoms with Gasteiger partial charge in [-0.25, -0.2) is 4.39 Å². The van der Waals surface area contributed by atoms with Gasteiger partial charge in [-0.2, -0.15) is 0 Å². The summed E-state index contributed by atoms with van der Waals surface area (Å²) in [5, 5.41) is 8.65. The Balaban J connectivity index is 2.70. The molecular weight excluding hydrogens is 181 g/mol. The molecule has 0 saturated heterocycles. The van der Waals surface area contributed by atoms with E-state index in [9.17, 15) is 4.39 Å². The molecule has 3 heteroatoms. The van der Waals surface area contributed by atoms with Gasteiger partial charge in [-0.1, -0.05) is 12.1 Å². The van der Waals surface area contributed by atoms with Gasteiger partial charge in [-0.3, -0.25) is 0 Å². The van der Waals surface area contributed by atoms with E-state index in [4.69, 9.17) is 10.8 Å². The van der Waals surface area contributed by atoms with Crippen LogP contribution >= 0.6 is 0 Å². The Morgan fingerprint density at radius 3 is 2.79 bits per heavy atom. The molecule has 0 saturated carbocycles. The first kappa shape index (κ1) is 11.1. The van der Waals surface area contributed by atoms with Crippen LogP contribution in [0.25, 0.3) is 0 Å². The maximum absolute atomic E-state index is 12.9. The summed E-state index contributed by atoms with van der Waals surface area (Å²) in [6, 6.07) is 4.78. The fourth-order valence-corrected chi connectivity index (χ4v) is 1.38. The molecule has 0 aliphatic carbocycles. The van der Waals surface area contributed by atoms with Crippen LogP contribution < -0.4 is 5.73 Å². The van der Waals surface area contributed by atoms with Crippen LogP contribution in [0.3, 0.4) is 0 Å². The molecule has 0 amide bonds. The molecule has 1 aromatic carbocycles. The largest absolute Gasteiger partial charge is 0.396 e. The molecule has 3 N–H and O–H groups in total. The summed E-state index contributed by atoms with van der Waals surface area (Å²) in [7, 11) is 0. The zero-order valence-electron chi connectivity index (χ0n) is 8.33. The van der Waals surface area contributed by atoms with Gasteiger partial charge in [0, 0.05) is 12.6 Å². The first-order valence-electron chi connectivity index (χ1n) is 4.77. The van der Waals surface area contributed by atoms with Gasteiger partial charge < -0.3 is 10.8 Å². The van der Waals surface area contributed by atoms with Gasteiger partial charge in [0.25, 0.3) is 0 Å². The topological polar surface area (TPSA) is 46.2 Å². The summed E-state index contributed by atoms with van der Waals surface area (Å²) in [5.41, 5.74) is 7.41. The van der Waals surface area contributed by atoms with E-state index >= 15 is 0 Å². The number of rotatable bonds is 4. The van der Waals surface area contributed by atoms with Crippen molar-refractivity contribution < 1.29 is 9.50 Å². The lowest BCUT2D eigenvalue weighted by molar-refractivity contribution is 0.280. The fourth-order valence-electron chi connectivity index (χ4n) is 1.38. The summed E-state index contributed by atoms with van der Waals surface area (Å²) in [6.07, 6.45) is 1.40. The van der Waals surface area contributed by atoms with E-state index in [2.05, 4.69) is 0 Å². The van der Waals surface area contributed by atoms with Gasteiger partial charge in [0.2, 0.25) is 0 Å². The van der Waals surface area contributed by atoms with E-state index in [1.807, 2.05) is 0 Å². The van der Waals surface area contributed by atoms with Crippen molar-refractivity contribution in [3.05, 3.63) is 35.1 Å². The van der Waals surface area contributed by atoms with Gasteiger partial charge in [-0.15, -0.1) is 0 Å². The molecule has 0 aliphatic heterocycles. The van der Waals surface area contributed by atoms with Crippen molar-refractivity contribution in [3.63, 3.8) is 0 Å². The summed E-state index contributed by atoms with van der Waals surface area (Å²) in [6.45, 7) is 1.87. The molecule has 0 spiro atoms. The molecule has 0 aliphatic rings. The average Bonchev–Trinajstić information content (AvgIpc) is 2.18. The standard InChI is InChI=1S/C11H16FNO/c1-8-7-9(4-5-10(8)12)11(13)3-2-6-14/h4-5,7,11,14H,2-3,6,13H2,1H3/t11-/m1/s1. The average molecular weight is 197 g/mol. The predicted molar refractivity (Wildman–Crippen MR) is 54.4 cm³/mol. The number of hydrogen-bond donors (Lipinski definition) is 2. The Bertz CT molecular complexity index is 301. The number of aryl methyl sites for hydroxylation is 1. The second-order valence-electron chi connectivity index (χ2n) is 3.48. The maximum Gasteiger partial charge on any atom is 0.126 e. The predicted octanol–water partition coefficient (Wildman–Crippen LogP) is 1.91. The number of aliphatic hydroxyl groups is 1. The molecule has 0 unspecified atom stereocenters. The number of aliphatic hydroxyl groups excluding tert-OH is 1. The van der Waals surface area contributed by atoms with Crippen molar-refractivity contribution in [1.82, 2.24) is 0 Å². The highest BCUT2D eigenvalue weighted by molar-refractivity contribution is 5.26. The van der Waals surface area contributed by atoms with Gasteiger partial charge in [0.05, 0.1) is 0 Å². The highest BCUT2D eigenvalue weighted by atomic mass is 19.1. The van der Waals surface area contributed by atoms with E-state index in [-0.39, 0.29) is 18.5 Å². The minimum atomic E-state index is -0.205. The van der Waals surface area contributed by atoms with Gasteiger partial charge in [0.15, 0.2) is 0 Å². The summed E-state index contributed by atoms with van der Waals surface area (Å²) in [4.78, 5) is 0. The van der Waals surface area contributed by atoms with Crippen LogP contribution in [0.2, 0.25) is 0 Å². The van der Waals surface area contributed by atoms with E-state index in [0.29, 0.717) is 12.0 Å². The molecule has 1 aromatic rings. The number of nitrogens with two attached hydrogens (primary N) is 1. The summed E-state index contributed by atoms with van der Waals surface area (Å²) in [5.74, 6) is -0.205. The summed E-state index contributed by atoms with van der Waals surface area (Å²) >= 11 is 0. The van der Waals surface area contributed by atoms with Crippen molar-refractivity contribution in [2.75, 3.05) is 6.61 Å². The van der Waals surface area contributed by atoms with Crippen LogP contribution in [0, 0.1) is 12.7 Å². The monoisotopic (exact) mass is 197 g/mol. The molecule has 14 heavy (non-hydrogen) atoms. The highest BCUT2D eigenvalue weighted by Gasteiger charge is 2.07. The van der Waals surface area contributed by atoms with E-state index in [1.165, 1.54) is 6.07 Å². The lowest BCUT2D eigenvalue weighted by atomic mass is 10.0. The van der Waals surface area contributed by atoms with Crippen LogP contribution in [0.5, 0.6) is 0 Å². The molecule has 1 atom stereocenters. The quantitative estimate of drug-likeness (QED) is 0.774. The van der Waals surface area contributed by atoms with E-state index < -0.39 is 0 Å². The van der Waals surface area contributed by atoms with Crippen molar-refractivity contribution in [2.45, 2.75) is 25.8 Å². The normalized spacial score (nSPS) is 12.9. The van der Waals surface area contributed by atoms with Crippen LogP contribution in [-0.2, 0) is 0 Å². The molecule has 0 bridgehead atoms. The van der Waals surface area contributed by atoms with Gasteiger partial charge in [-0.05, 0) is 37.0 Å². The molecule has 78 valence electrons. The fraction of sp³-hybridized carbons (Fsp3) is 0.455. The van der Waals surface area contributed by atoms with Gasteiger partial charge in [0.1, 0.15) is 5.82 Å². The third kappa shape index (κ3) is 2.79. The summed E-state index contributed by atoms with van der Waals surface area (Å²) < 4.78 is 12.9. The van der Waals surface area contributed by atoms with Crippen LogP contribution in [0.1, 0.15) is 30.0 Å². The third-order valence-corrected chi connectivity index (χ3v) is 2.28. The molecule has 0 heterocycles. The zero-order valence-corrected chi connectivity index (χ0v) is 8.33. The molecular formula is C11H16FNO. The van der Waals surface area contributed by atoms with Crippen LogP contribution in [0.4, 0.5) is 4.39 Å². The first-order chi connectivity index (χ1) is 6.65. The number of halogens is 1. The third-order valence-electron chi connectivity index (χ3n) is 2.28. The second-order valence-corrected chi connectivity index (χ2v) is 3.48. The Kier molecular flexibility index (Phi) is 4.04. The zero-order chi connectivity index (χ0) is 10.6. The maximum atomic E-state index is 12.9. The Morgan fingerprint density at radius 1 is 1.50 bits per heavy atom. The van der Waals surface area contributed by atoms with Crippen molar-refractivity contribution in [1.29, 1.82) is 0 Å². The van der Waals surface area contributed by atoms with Crippen molar-refractivity contribution in [3.8, 4) is 0 Å². The van der Waals surface area contributed by atoms with E-state index in [1.54, 1.807) is 19.1 Å². The van der Waals surface area contributed by atoms with Crippen molar-refractivity contribution in [2.24, 2.45) is 5.73 Å².